The number of aliphatic hydroxyl groups is 1. The molecular weight excluding hydrogens is 150 g/mol. The van der Waals surface area contributed by atoms with Crippen LogP contribution in [0.25, 0.3) is 0 Å². The third-order valence-corrected chi connectivity index (χ3v) is 2.04. The van der Waals surface area contributed by atoms with Crippen LogP contribution < -0.4 is 0 Å². The van der Waals surface area contributed by atoms with E-state index in [4.69, 9.17) is 5.11 Å². The Labute approximate surface area is 75.9 Å². The van der Waals surface area contributed by atoms with Crippen molar-refractivity contribution in [3.63, 3.8) is 0 Å². The summed E-state index contributed by atoms with van der Waals surface area (Å²) in [4.78, 5) is 2.14. The molecule has 72 valence electrons. The van der Waals surface area contributed by atoms with Gasteiger partial charge < -0.3 is 10.0 Å². The molecule has 0 heterocycles. The third-order valence-electron chi connectivity index (χ3n) is 2.04. The molecule has 0 amide bonds. The van der Waals surface area contributed by atoms with Crippen molar-refractivity contribution < 1.29 is 5.11 Å². The third kappa shape index (κ3) is 6.38. The number of hydrogen-bond donors (Lipinski definition) is 1. The minimum Gasteiger partial charge on any atom is -0.395 e. The van der Waals surface area contributed by atoms with Crippen LogP contribution in [0.15, 0.2) is 11.6 Å². The zero-order valence-electron chi connectivity index (χ0n) is 8.51. The van der Waals surface area contributed by atoms with Crippen LogP contribution in [0.3, 0.4) is 0 Å². The second kappa shape index (κ2) is 7.32. The molecule has 0 atom stereocenters. The van der Waals surface area contributed by atoms with E-state index in [0.29, 0.717) is 0 Å². The SMILES string of the molecule is CC/C(C)=C/CCN(C)CCO. The minimum atomic E-state index is 0.257. The van der Waals surface area contributed by atoms with Gasteiger partial charge in [0.2, 0.25) is 0 Å². The first-order chi connectivity index (χ1) is 5.70. The summed E-state index contributed by atoms with van der Waals surface area (Å²) >= 11 is 0. The number of rotatable bonds is 6. The summed E-state index contributed by atoms with van der Waals surface area (Å²) in [5.41, 5.74) is 1.45. The molecule has 0 rings (SSSR count). The van der Waals surface area contributed by atoms with Crippen molar-refractivity contribution in [1.29, 1.82) is 0 Å². The maximum absolute atomic E-state index is 8.63. The average Bonchev–Trinajstić information content (AvgIpc) is 2.04. The Hall–Kier alpha value is -0.340. The molecule has 2 nitrogen and oxygen atoms in total. The highest BCUT2D eigenvalue weighted by Gasteiger charge is 1.94. The Balaban J connectivity index is 3.41. The van der Waals surface area contributed by atoms with Crippen molar-refractivity contribution in [2.75, 3.05) is 26.7 Å². The van der Waals surface area contributed by atoms with E-state index in [1.807, 2.05) is 7.05 Å². The first-order valence-electron chi connectivity index (χ1n) is 4.65. The maximum atomic E-state index is 8.63. The van der Waals surface area contributed by atoms with Gasteiger partial charge in [-0.25, -0.2) is 0 Å². The summed E-state index contributed by atoms with van der Waals surface area (Å²) in [5, 5.41) is 8.63. The highest BCUT2D eigenvalue weighted by Crippen LogP contribution is 2.00. The van der Waals surface area contributed by atoms with Gasteiger partial charge in [0.15, 0.2) is 0 Å². The van der Waals surface area contributed by atoms with Crippen LogP contribution in [0.1, 0.15) is 26.7 Å². The Bertz CT molecular complexity index is 132. The molecule has 2 heteroatoms. The smallest absolute Gasteiger partial charge is 0.0558 e. The van der Waals surface area contributed by atoms with Gasteiger partial charge >= 0.3 is 0 Å². The van der Waals surface area contributed by atoms with Gasteiger partial charge in [-0.05, 0) is 26.8 Å². The summed E-state index contributed by atoms with van der Waals surface area (Å²) in [5.74, 6) is 0. The van der Waals surface area contributed by atoms with Gasteiger partial charge in [0.05, 0.1) is 6.61 Å². The average molecular weight is 171 g/mol. The first-order valence-corrected chi connectivity index (χ1v) is 4.65. The van der Waals surface area contributed by atoms with Crippen molar-refractivity contribution >= 4 is 0 Å². The van der Waals surface area contributed by atoms with E-state index in [1.54, 1.807) is 0 Å². The van der Waals surface area contributed by atoms with Gasteiger partial charge in [0.25, 0.3) is 0 Å². The molecule has 0 aliphatic carbocycles. The summed E-state index contributed by atoms with van der Waals surface area (Å²) < 4.78 is 0. The number of nitrogens with zero attached hydrogens (tertiary/aromatic N) is 1. The molecule has 0 saturated carbocycles. The molecule has 0 aromatic carbocycles. The van der Waals surface area contributed by atoms with Crippen LogP contribution in [-0.4, -0.2) is 36.8 Å². The zero-order valence-corrected chi connectivity index (χ0v) is 8.51. The van der Waals surface area contributed by atoms with Gasteiger partial charge in [-0.2, -0.15) is 0 Å². The Morgan fingerprint density at radius 3 is 2.58 bits per heavy atom. The fourth-order valence-electron chi connectivity index (χ4n) is 0.958. The molecule has 0 aliphatic rings. The number of hydrogen-bond acceptors (Lipinski definition) is 2. The Morgan fingerprint density at radius 2 is 2.08 bits per heavy atom. The number of likely N-dealkylation sites (N-methyl/N-ethyl adjacent to an activating group) is 1. The van der Waals surface area contributed by atoms with Gasteiger partial charge in [-0.3, -0.25) is 0 Å². The molecule has 0 fully saturated rings. The van der Waals surface area contributed by atoms with E-state index >= 15 is 0 Å². The van der Waals surface area contributed by atoms with Gasteiger partial charge in [-0.15, -0.1) is 0 Å². The Kier molecular flexibility index (Phi) is 7.11. The fraction of sp³-hybridized carbons (Fsp3) is 0.800. The van der Waals surface area contributed by atoms with Crippen molar-refractivity contribution in [3.8, 4) is 0 Å². The standard InChI is InChI=1S/C10H21NO/c1-4-10(2)6-5-7-11(3)8-9-12/h6,12H,4-5,7-9H2,1-3H3/b10-6+. The molecule has 0 aliphatic heterocycles. The fourth-order valence-corrected chi connectivity index (χ4v) is 0.958. The van der Waals surface area contributed by atoms with Crippen molar-refractivity contribution in [2.45, 2.75) is 26.7 Å². The van der Waals surface area contributed by atoms with E-state index in [9.17, 15) is 0 Å². The lowest BCUT2D eigenvalue weighted by molar-refractivity contribution is 0.223. The van der Waals surface area contributed by atoms with Crippen molar-refractivity contribution in [1.82, 2.24) is 4.90 Å². The zero-order chi connectivity index (χ0) is 9.40. The lowest BCUT2D eigenvalue weighted by Crippen LogP contribution is -2.22. The van der Waals surface area contributed by atoms with E-state index in [-0.39, 0.29) is 6.61 Å². The second-order valence-corrected chi connectivity index (χ2v) is 3.22. The summed E-state index contributed by atoms with van der Waals surface area (Å²) in [6, 6.07) is 0. The molecule has 0 bridgehead atoms. The Morgan fingerprint density at radius 1 is 1.42 bits per heavy atom. The highest BCUT2D eigenvalue weighted by molar-refractivity contribution is 4.96. The predicted molar refractivity (Wildman–Crippen MR) is 53.2 cm³/mol. The topological polar surface area (TPSA) is 23.5 Å². The van der Waals surface area contributed by atoms with Gasteiger partial charge in [0, 0.05) is 13.1 Å². The largest absolute Gasteiger partial charge is 0.395 e. The molecule has 0 aromatic rings. The predicted octanol–water partition coefficient (Wildman–Crippen LogP) is 1.66. The molecule has 0 radical (unpaired) electrons. The highest BCUT2D eigenvalue weighted by atomic mass is 16.3. The molecule has 1 N–H and O–H groups in total. The normalized spacial score (nSPS) is 12.6. The molecular formula is C10H21NO. The number of allylic oxidation sites excluding steroid dienone is 1. The molecule has 0 aromatic heterocycles. The van der Waals surface area contributed by atoms with Gasteiger partial charge in [-0.1, -0.05) is 18.6 Å². The first kappa shape index (κ1) is 11.7. The van der Waals surface area contributed by atoms with E-state index < -0.39 is 0 Å². The lowest BCUT2D eigenvalue weighted by atomic mass is 10.2. The van der Waals surface area contributed by atoms with Crippen LogP contribution in [0.2, 0.25) is 0 Å². The minimum absolute atomic E-state index is 0.257. The number of aliphatic hydroxyl groups excluding tert-OH is 1. The molecule has 0 unspecified atom stereocenters. The summed E-state index contributed by atoms with van der Waals surface area (Å²) in [7, 11) is 2.03. The lowest BCUT2D eigenvalue weighted by Gasteiger charge is -2.13. The summed E-state index contributed by atoms with van der Waals surface area (Å²) in [6.45, 7) is 6.40. The van der Waals surface area contributed by atoms with E-state index in [2.05, 4.69) is 24.8 Å². The van der Waals surface area contributed by atoms with Crippen LogP contribution in [0.4, 0.5) is 0 Å². The quantitative estimate of drug-likeness (QED) is 0.614. The maximum Gasteiger partial charge on any atom is 0.0558 e. The van der Waals surface area contributed by atoms with Gasteiger partial charge in [0.1, 0.15) is 0 Å². The van der Waals surface area contributed by atoms with Crippen LogP contribution in [0, 0.1) is 0 Å². The van der Waals surface area contributed by atoms with Crippen LogP contribution >= 0.6 is 0 Å². The van der Waals surface area contributed by atoms with Crippen LogP contribution in [-0.2, 0) is 0 Å². The molecule has 0 saturated heterocycles. The van der Waals surface area contributed by atoms with Crippen molar-refractivity contribution in [2.24, 2.45) is 0 Å². The van der Waals surface area contributed by atoms with Crippen LogP contribution in [0.5, 0.6) is 0 Å². The molecule has 0 spiro atoms. The molecule has 12 heavy (non-hydrogen) atoms. The van der Waals surface area contributed by atoms with Crippen molar-refractivity contribution in [3.05, 3.63) is 11.6 Å². The second-order valence-electron chi connectivity index (χ2n) is 3.22. The monoisotopic (exact) mass is 171 g/mol. The summed E-state index contributed by atoms with van der Waals surface area (Å²) in [6.07, 6.45) is 4.51. The van der Waals surface area contributed by atoms with E-state index in [1.165, 1.54) is 5.57 Å². The van der Waals surface area contributed by atoms with E-state index in [0.717, 1.165) is 25.9 Å².